The molecule has 1 saturated heterocycles. The highest BCUT2D eigenvalue weighted by Crippen LogP contribution is 2.29. The Morgan fingerprint density at radius 3 is 2.80 bits per heavy atom. The Labute approximate surface area is 123 Å². The van der Waals surface area contributed by atoms with Crippen molar-refractivity contribution in [3.63, 3.8) is 0 Å². The Hall–Kier alpha value is -1.65. The maximum Gasteiger partial charge on any atom is 0.264 e. The van der Waals surface area contributed by atoms with Crippen molar-refractivity contribution in [3.05, 3.63) is 46.7 Å². The number of hydrogen-bond acceptors (Lipinski definition) is 3. The third-order valence-corrected chi connectivity index (χ3v) is 4.47. The van der Waals surface area contributed by atoms with E-state index in [1.165, 1.54) is 0 Å². The Kier molecular flexibility index (Phi) is 4.14. The molecule has 3 nitrogen and oxygen atoms in total. The van der Waals surface area contributed by atoms with E-state index in [0.29, 0.717) is 0 Å². The van der Waals surface area contributed by atoms with Crippen LogP contribution in [0.1, 0.15) is 16.1 Å². The van der Waals surface area contributed by atoms with Crippen LogP contribution in [0.2, 0.25) is 0 Å². The van der Waals surface area contributed by atoms with Crippen LogP contribution in [-0.2, 0) is 0 Å². The minimum atomic E-state index is 0.169. The van der Waals surface area contributed by atoms with Crippen molar-refractivity contribution in [2.75, 3.05) is 26.2 Å². The summed E-state index contributed by atoms with van der Waals surface area (Å²) >= 11 is 1.54. The maximum absolute atomic E-state index is 12.7. The van der Waals surface area contributed by atoms with Crippen LogP contribution in [0.3, 0.4) is 0 Å². The number of hydrogen-bond donors (Lipinski definition) is 1. The molecule has 2 heterocycles. The van der Waals surface area contributed by atoms with Gasteiger partial charge in [-0.1, -0.05) is 30.3 Å². The average molecular weight is 286 g/mol. The third kappa shape index (κ3) is 2.76. The highest BCUT2D eigenvalue weighted by molar-refractivity contribution is 7.12. The third-order valence-electron chi connectivity index (χ3n) is 3.57. The van der Waals surface area contributed by atoms with E-state index in [-0.39, 0.29) is 5.91 Å². The maximum atomic E-state index is 12.7. The van der Waals surface area contributed by atoms with E-state index >= 15 is 0 Å². The molecule has 0 aliphatic carbocycles. The lowest BCUT2D eigenvalue weighted by Crippen LogP contribution is -2.33. The lowest BCUT2D eigenvalue weighted by molar-refractivity contribution is 0.0772. The number of carbonyl (C=O) groups is 1. The molecule has 0 atom stereocenters. The van der Waals surface area contributed by atoms with Gasteiger partial charge in [-0.3, -0.25) is 4.79 Å². The van der Waals surface area contributed by atoms with Crippen LogP contribution in [-0.4, -0.2) is 37.0 Å². The van der Waals surface area contributed by atoms with Crippen LogP contribution in [0.4, 0.5) is 0 Å². The molecular formula is C16H18N2OS. The molecule has 104 valence electrons. The van der Waals surface area contributed by atoms with Gasteiger partial charge < -0.3 is 10.2 Å². The predicted octanol–water partition coefficient (Wildman–Crippen LogP) is 2.85. The van der Waals surface area contributed by atoms with E-state index in [1.807, 2.05) is 34.5 Å². The molecule has 1 amide bonds. The molecule has 0 radical (unpaired) electrons. The Morgan fingerprint density at radius 1 is 1.10 bits per heavy atom. The summed E-state index contributed by atoms with van der Waals surface area (Å²) < 4.78 is 0. The summed E-state index contributed by atoms with van der Waals surface area (Å²) in [5.74, 6) is 0.169. The van der Waals surface area contributed by atoms with Gasteiger partial charge in [0, 0.05) is 25.2 Å². The molecule has 0 spiro atoms. The summed E-state index contributed by atoms with van der Waals surface area (Å²) in [5.41, 5.74) is 2.17. The van der Waals surface area contributed by atoms with Crippen molar-refractivity contribution in [3.8, 4) is 11.1 Å². The Bertz CT molecular complexity index is 571. The summed E-state index contributed by atoms with van der Waals surface area (Å²) in [6.45, 7) is 3.53. The molecule has 1 fully saturated rings. The molecule has 1 aliphatic rings. The lowest BCUT2D eigenvalue weighted by atomic mass is 10.1. The van der Waals surface area contributed by atoms with Gasteiger partial charge >= 0.3 is 0 Å². The largest absolute Gasteiger partial charge is 0.337 e. The second kappa shape index (κ2) is 6.20. The Morgan fingerprint density at radius 2 is 1.95 bits per heavy atom. The number of thiophene rings is 1. The summed E-state index contributed by atoms with van der Waals surface area (Å²) in [6.07, 6.45) is 1.03. The van der Waals surface area contributed by atoms with Gasteiger partial charge in [0.2, 0.25) is 0 Å². The summed E-state index contributed by atoms with van der Waals surface area (Å²) in [4.78, 5) is 15.5. The Balaban J connectivity index is 1.87. The van der Waals surface area contributed by atoms with Crippen LogP contribution in [0.5, 0.6) is 0 Å². The van der Waals surface area contributed by atoms with Gasteiger partial charge in [0.25, 0.3) is 5.91 Å². The van der Waals surface area contributed by atoms with Gasteiger partial charge in [-0.2, -0.15) is 0 Å². The van der Waals surface area contributed by atoms with Gasteiger partial charge in [-0.05, 0) is 30.0 Å². The van der Waals surface area contributed by atoms with Gasteiger partial charge in [0.05, 0.1) is 4.88 Å². The molecule has 3 rings (SSSR count). The zero-order chi connectivity index (χ0) is 13.8. The zero-order valence-electron chi connectivity index (χ0n) is 11.3. The molecule has 1 aromatic heterocycles. The molecule has 20 heavy (non-hydrogen) atoms. The first-order valence-corrected chi connectivity index (χ1v) is 7.87. The molecular weight excluding hydrogens is 268 g/mol. The standard InChI is InChI=1S/C16H18N2OS/c19-16(18-10-4-8-17-9-11-18)15-14(7-12-20-15)13-5-2-1-3-6-13/h1-3,5-7,12,17H,4,8-11H2. The number of rotatable bonds is 2. The lowest BCUT2D eigenvalue weighted by Gasteiger charge is -2.20. The number of amides is 1. The van der Waals surface area contributed by atoms with E-state index in [9.17, 15) is 4.79 Å². The molecule has 0 saturated carbocycles. The molecule has 0 unspecified atom stereocenters. The van der Waals surface area contributed by atoms with E-state index < -0.39 is 0 Å². The fourth-order valence-electron chi connectivity index (χ4n) is 2.51. The first kappa shape index (κ1) is 13.3. The second-order valence-corrected chi connectivity index (χ2v) is 5.84. The minimum absolute atomic E-state index is 0.169. The minimum Gasteiger partial charge on any atom is -0.337 e. The van der Waals surface area contributed by atoms with Crippen LogP contribution < -0.4 is 5.32 Å². The normalized spacial score (nSPS) is 15.9. The fourth-order valence-corrected chi connectivity index (χ4v) is 3.40. The van der Waals surface area contributed by atoms with E-state index in [1.54, 1.807) is 11.3 Å². The highest BCUT2D eigenvalue weighted by Gasteiger charge is 2.21. The van der Waals surface area contributed by atoms with Gasteiger partial charge in [0.1, 0.15) is 0 Å². The number of carbonyl (C=O) groups excluding carboxylic acids is 1. The first-order chi connectivity index (χ1) is 9.86. The molecule has 2 aromatic rings. The zero-order valence-corrected chi connectivity index (χ0v) is 12.2. The molecule has 1 N–H and O–H groups in total. The van der Waals surface area contributed by atoms with Crippen molar-refractivity contribution in [2.45, 2.75) is 6.42 Å². The molecule has 1 aliphatic heterocycles. The summed E-state index contributed by atoms with van der Waals surface area (Å²) in [6, 6.07) is 12.2. The van der Waals surface area contributed by atoms with Crippen molar-refractivity contribution in [2.24, 2.45) is 0 Å². The fraction of sp³-hybridized carbons (Fsp3) is 0.312. The molecule has 0 bridgehead atoms. The monoisotopic (exact) mass is 286 g/mol. The molecule has 4 heteroatoms. The van der Waals surface area contributed by atoms with Crippen LogP contribution >= 0.6 is 11.3 Å². The predicted molar refractivity (Wildman–Crippen MR) is 83.1 cm³/mol. The average Bonchev–Trinajstić information content (AvgIpc) is 2.82. The van der Waals surface area contributed by atoms with Crippen molar-refractivity contribution in [1.29, 1.82) is 0 Å². The van der Waals surface area contributed by atoms with Crippen LogP contribution in [0.15, 0.2) is 41.8 Å². The van der Waals surface area contributed by atoms with E-state index in [4.69, 9.17) is 0 Å². The smallest absolute Gasteiger partial charge is 0.264 e. The van der Waals surface area contributed by atoms with Gasteiger partial charge in [0.15, 0.2) is 0 Å². The van der Waals surface area contributed by atoms with Crippen LogP contribution in [0, 0.1) is 0 Å². The van der Waals surface area contributed by atoms with Crippen molar-refractivity contribution >= 4 is 17.2 Å². The summed E-state index contributed by atoms with van der Waals surface area (Å²) in [7, 11) is 0. The highest BCUT2D eigenvalue weighted by atomic mass is 32.1. The topological polar surface area (TPSA) is 32.3 Å². The van der Waals surface area contributed by atoms with E-state index in [2.05, 4.69) is 17.4 Å². The number of nitrogens with zero attached hydrogens (tertiary/aromatic N) is 1. The second-order valence-electron chi connectivity index (χ2n) is 4.93. The number of nitrogens with one attached hydrogen (secondary N) is 1. The number of benzene rings is 1. The SMILES string of the molecule is O=C(c1sccc1-c1ccccc1)N1CCCNCC1. The molecule has 1 aromatic carbocycles. The quantitative estimate of drug-likeness (QED) is 0.920. The van der Waals surface area contributed by atoms with Crippen molar-refractivity contribution in [1.82, 2.24) is 10.2 Å². The van der Waals surface area contributed by atoms with E-state index in [0.717, 1.165) is 48.6 Å². The first-order valence-electron chi connectivity index (χ1n) is 6.99. The van der Waals surface area contributed by atoms with Gasteiger partial charge in [-0.25, -0.2) is 0 Å². The van der Waals surface area contributed by atoms with Crippen molar-refractivity contribution < 1.29 is 4.79 Å². The van der Waals surface area contributed by atoms with Crippen LogP contribution in [0.25, 0.3) is 11.1 Å². The van der Waals surface area contributed by atoms with Gasteiger partial charge in [-0.15, -0.1) is 11.3 Å². The summed E-state index contributed by atoms with van der Waals surface area (Å²) in [5, 5.41) is 5.34.